The van der Waals surface area contributed by atoms with Gasteiger partial charge < -0.3 is 25.9 Å². The number of nitrogens with one attached hydrogen (secondary N) is 1. The second kappa shape index (κ2) is 8.75. The molecule has 1 aromatic heterocycles. The smallest absolute Gasteiger partial charge is 0.548 e. The number of nitrogens with zero attached hydrogens (tertiary/aromatic N) is 2. The largest absolute Gasteiger partial charge is 1.00 e. The topological polar surface area (TPSA) is 163 Å². The van der Waals surface area contributed by atoms with Crippen molar-refractivity contribution < 1.29 is 57.5 Å². The zero-order valence-corrected chi connectivity index (χ0v) is 19.7. The molecule has 2 atom stereocenters. The number of nitrogens with two attached hydrogens (primary N) is 1. The van der Waals surface area contributed by atoms with Gasteiger partial charge in [-0.25, -0.2) is 8.42 Å². The predicted molar refractivity (Wildman–Crippen MR) is 101 cm³/mol. The quantitative estimate of drug-likeness (QED) is 0.191. The Balaban J connectivity index is 0.00000320. The van der Waals surface area contributed by atoms with E-state index in [2.05, 4.69) is 10.3 Å². The molecule has 0 saturated carbocycles. The normalized spacial score (nSPS) is 24.6. The number of hydrogen-bond donors (Lipinski definition) is 2. The Kier molecular flexibility index (Phi) is 7.14. The van der Waals surface area contributed by atoms with Crippen LogP contribution in [0.2, 0.25) is 0 Å². The van der Waals surface area contributed by atoms with Gasteiger partial charge in [0.15, 0.2) is 15.2 Å². The molecule has 10 nitrogen and oxygen atoms in total. The average molecular weight is 444 g/mol. The minimum absolute atomic E-state index is 0. The fourth-order valence-electron chi connectivity index (χ4n) is 3.56. The van der Waals surface area contributed by atoms with E-state index in [9.17, 15) is 27.9 Å². The first-order chi connectivity index (χ1) is 13.5. The maximum absolute atomic E-state index is 12.8. The van der Waals surface area contributed by atoms with Gasteiger partial charge in [0.25, 0.3) is 11.8 Å². The predicted octanol–water partition coefficient (Wildman–Crippen LogP) is -4.96. The molecule has 0 aliphatic carbocycles. The number of aliphatic carboxylic acids is 1. The fourth-order valence-corrected chi connectivity index (χ4v) is 5.67. The minimum atomic E-state index is -4.01. The van der Waals surface area contributed by atoms with E-state index in [1.54, 1.807) is 0 Å². The van der Waals surface area contributed by atoms with Crippen LogP contribution in [0, 0.1) is 0 Å². The van der Waals surface area contributed by atoms with Crippen molar-refractivity contribution in [2.45, 2.75) is 36.4 Å². The van der Waals surface area contributed by atoms with Gasteiger partial charge in [-0.2, -0.15) is 0 Å². The number of sulfone groups is 1. The van der Waals surface area contributed by atoms with Gasteiger partial charge in [-0.05, 0) is 45.0 Å². The van der Waals surface area contributed by atoms with Crippen molar-refractivity contribution in [2.24, 2.45) is 5.73 Å². The zero-order chi connectivity index (χ0) is 21.6. The zero-order valence-electron chi connectivity index (χ0n) is 16.9. The minimum Gasteiger partial charge on any atom is -0.548 e. The number of rotatable bonds is 6. The number of fused-ring (bicyclic) bond motifs is 1. The van der Waals surface area contributed by atoms with Crippen molar-refractivity contribution in [2.75, 3.05) is 13.1 Å². The van der Waals surface area contributed by atoms with Gasteiger partial charge in [-0.1, -0.05) is 0 Å². The maximum atomic E-state index is 12.8. The van der Waals surface area contributed by atoms with Gasteiger partial charge in [-0.15, -0.1) is 0 Å². The van der Waals surface area contributed by atoms with Crippen LogP contribution < -0.4 is 45.7 Å². The molecule has 0 unspecified atom stereocenters. The van der Waals surface area contributed by atoms with Crippen molar-refractivity contribution in [1.29, 1.82) is 0 Å². The molecule has 1 aromatic rings. The summed E-state index contributed by atoms with van der Waals surface area (Å²) in [5.74, 6) is -2.69. The second-order valence-electron chi connectivity index (χ2n) is 7.40. The molecular weight excluding hydrogens is 423 g/mol. The van der Waals surface area contributed by atoms with Crippen LogP contribution in [0.1, 0.15) is 36.3 Å². The van der Waals surface area contributed by atoms with Gasteiger partial charge in [0.2, 0.25) is 0 Å². The number of carboxylic acid groups (broad SMARTS) is 1. The summed E-state index contributed by atoms with van der Waals surface area (Å²) in [5, 5.41) is 12.8. The van der Waals surface area contributed by atoms with Crippen LogP contribution in [0.25, 0.3) is 6.08 Å². The van der Waals surface area contributed by atoms with Gasteiger partial charge in [0, 0.05) is 18.3 Å². The first kappa shape index (κ1) is 24.5. The van der Waals surface area contributed by atoms with Crippen LogP contribution in [0.5, 0.6) is 0 Å². The van der Waals surface area contributed by atoms with Crippen molar-refractivity contribution in [3.63, 3.8) is 0 Å². The monoisotopic (exact) mass is 444 g/mol. The van der Waals surface area contributed by atoms with E-state index < -0.39 is 37.9 Å². The summed E-state index contributed by atoms with van der Waals surface area (Å²) in [7, 11) is -4.01. The molecule has 0 bridgehead atoms. The van der Waals surface area contributed by atoms with E-state index in [0.717, 1.165) is 4.90 Å². The van der Waals surface area contributed by atoms with E-state index in [4.69, 9.17) is 5.73 Å². The van der Waals surface area contributed by atoms with Crippen LogP contribution in [-0.2, 0) is 19.4 Å². The molecule has 2 saturated heterocycles. The third-order valence-corrected chi connectivity index (χ3v) is 7.96. The summed E-state index contributed by atoms with van der Waals surface area (Å²) in [4.78, 5) is 41.0. The first-order valence-electron chi connectivity index (χ1n) is 8.97. The Hall–Kier alpha value is -1.79. The molecule has 30 heavy (non-hydrogen) atoms. The van der Waals surface area contributed by atoms with Crippen molar-refractivity contribution in [3.05, 3.63) is 35.2 Å². The average Bonchev–Trinajstić information content (AvgIpc) is 2.80. The first-order valence-corrected chi connectivity index (χ1v) is 10.5. The summed E-state index contributed by atoms with van der Waals surface area (Å²) in [6.45, 7) is 3.36. The van der Waals surface area contributed by atoms with Gasteiger partial charge in [-0.3, -0.25) is 14.6 Å². The Morgan fingerprint density at radius 3 is 2.67 bits per heavy atom. The standard InChI is InChI=1S/C18H22N4O6S.Na/c1-18(2)13(17(25)26)22-15(24)12(16(22)29(18,27)28)9-11-8-10(4-7-20-11)14(23)21-6-3-5-19;/h4,7-9,13,16H,3,5-6,19H2,1-2H3,(H,21,23)(H,25,26);/q;+1/p-1/b12-9-;/t13-,16+;/m0./s1. The third kappa shape index (κ3) is 3.80. The molecule has 0 aromatic carbocycles. The van der Waals surface area contributed by atoms with Crippen molar-refractivity contribution in [3.8, 4) is 0 Å². The Morgan fingerprint density at radius 2 is 2.07 bits per heavy atom. The number of carbonyl (C=O) groups is 3. The molecule has 3 heterocycles. The molecule has 2 aliphatic heterocycles. The number of aromatic nitrogens is 1. The van der Waals surface area contributed by atoms with E-state index in [0.29, 0.717) is 19.5 Å². The summed E-state index contributed by atoms with van der Waals surface area (Å²) < 4.78 is 24.0. The SMILES string of the molecule is CC1(C)[C@H](C(=O)[O-])N2C(=O)/C(=C/c3cc(C(=O)NCCCN)ccn3)[C@H]2S1(=O)=O.[Na+]. The van der Waals surface area contributed by atoms with Crippen LogP contribution in [0.15, 0.2) is 23.9 Å². The second-order valence-corrected chi connectivity index (χ2v) is 9.99. The number of hydrogen-bond acceptors (Lipinski definition) is 8. The van der Waals surface area contributed by atoms with Crippen LogP contribution in [-0.4, -0.2) is 65.3 Å². The Morgan fingerprint density at radius 1 is 1.40 bits per heavy atom. The van der Waals surface area contributed by atoms with Crippen LogP contribution in [0.4, 0.5) is 0 Å². The molecule has 2 fully saturated rings. The fraction of sp³-hybridized carbons (Fsp3) is 0.444. The van der Waals surface area contributed by atoms with Crippen LogP contribution >= 0.6 is 0 Å². The summed E-state index contributed by atoms with van der Waals surface area (Å²) in [5.41, 5.74) is 5.80. The molecule has 12 heteroatoms. The molecule has 0 spiro atoms. The number of pyridine rings is 1. The number of amides is 2. The van der Waals surface area contributed by atoms with E-state index in [1.165, 1.54) is 38.3 Å². The number of carbonyl (C=O) groups excluding carboxylic acids is 3. The van der Waals surface area contributed by atoms with Gasteiger partial charge in [0.1, 0.15) is 0 Å². The Bertz CT molecular complexity index is 1020. The molecular formula is C18H21N4NaO6S. The Labute approximate surface area is 196 Å². The number of β-lactam (4-membered cyclic amide) rings is 1. The molecule has 2 aliphatic rings. The molecule has 3 N–H and O–H groups in total. The third-order valence-electron chi connectivity index (χ3n) is 5.20. The van der Waals surface area contributed by atoms with Gasteiger partial charge >= 0.3 is 29.6 Å². The molecule has 0 radical (unpaired) electrons. The summed E-state index contributed by atoms with van der Waals surface area (Å²) in [6, 6.07) is 1.33. The van der Waals surface area contributed by atoms with E-state index in [1.807, 2.05) is 0 Å². The van der Waals surface area contributed by atoms with Crippen molar-refractivity contribution >= 4 is 33.7 Å². The van der Waals surface area contributed by atoms with Crippen LogP contribution in [0.3, 0.4) is 0 Å². The van der Waals surface area contributed by atoms with E-state index >= 15 is 0 Å². The van der Waals surface area contributed by atoms with Gasteiger partial charge in [0.05, 0.1) is 28.0 Å². The molecule has 2 amide bonds. The summed E-state index contributed by atoms with van der Waals surface area (Å²) in [6.07, 6.45) is 3.25. The molecule has 3 rings (SSSR count). The number of carboxylic acids is 1. The van der Waals surface area contributed by atoms with Crippen molar-refractivity contribution in [1.82, 2.24) is 15.2 Å². The van der Waals surface area contributed by atoms with E-state index in [-0.39, 0.29) is 52.3 Å². The molecule has 156 valence electrons. The maximum Gasteiger partial charge on any atom is 1.00 e. The summed E-state index contributed by atoms with van der Waals surface area (Å²) >= 11 is 0.